The molecule has 2 heterocycles. The van der Waals surface area contributed by atoms with Crippen LogP contribution in [0.1, 0.15) is 41.0 Å². The van der Waals surface area contributed by atoms with E-state index in [-0.39, 0.29) is 17.8 Å². The SMILES string of the molecule is CCc1nc(NCC(c2cccc(F)c2)[C@@H]2CCN2)c2cccc(C(N)=O)c2n1. The summed E-state index contributed by atoms with van der Waals surface area (Å²) in [5.41, 5.74) is 7.42. The third-order valence-electron chi connectivity index (χ3n) is 5.47. The van der Waals surface area contributed by atoms with Gasteiger partial charge in [-0.2, -0.15) is 0 Å². The van der Waals surface area contributed by atoms with E-state index in [0.29, 0.717) is 35.7 Å². The number of carbonyl (C=O) groups excluding carboxylic acids is 1. The largest absolute Gasteiger partial charge is 0.369 e. The van der Waals surface area contributed by atoms with Gasteiger partial charge in [0.25, 0.3) is 5.91 Å². The third-order valence-corrected chi connectivity index (χ3v) is 5.47. The molecular weight excluding hydrogens is 369 g/mol. The van der Waals surface area contributed by atoms with Gasteiger partial charge in [0.05, 0.1) is 11.1 Å². The predicted octanol–water partition coefficient (Wildman–Crippen LogP) is 2.99. The second-order valence-electron chi connectivity index (χ2n) is 7.30. The molecule has 2 aromatic carbocycles. The Bertz CT molecular complexity index is 1050. The van der Waals surface area contributed by atoms with Gasteiger partial charge in [-0.25, -0.2) is 14.4 Å². The first kappa shape index (κ1) is 19.3. The summed E-state index contributed by atoms with van der Waals surface area (Å²) in [6.45, 7) is 3.51. The average molecular weight is 393 g/mol. The lowest BCUT2D eigenvalue weighted by Gasteiger charge is -2.36. The molecule has 0 saturated carbocycles. The van der Waals surface area contributed by atoms with E-state index in [0.717, 1.165) is 23.9 Å². The molecule has 4 rings (SSSR count). The van der Waals surface area contributed by atoms with Gasteiger partial charge in [-0.1, -0.05) is 25.1 Å². The molecule has 3 aromatic rings. The Hall–Kier alpha value is -3.06. The van der Waals surface area contributed by atoms with Crippen LogP contribution < -0.4 is 16.4 Å². The molecule has 0 aliphatic carbocycles. The van der Waals surface area contributed by atoms with E-state index in [4.69, 9.17) is 5.73 Å². The number of para-hydroxylation sites is 1. The molecule has 1 fully saturated rings. The molecule has 1 aromatic heterocycles. The molecule has 1 aliphatic heterocycles. The predicted molar refractivity (Wildman–Crippen MR) is 111 cm³/mol. The van der Waals surface area contributed by atoms with E-state index >= 15 is 0 Å². The standard InChI is InChI=1S/C22H24FN5O/c1-2-19-27-20-15(21(24)29)7-4-8-16(20)22(28-19)26-12-17(18-9-10-25-18)13-5-3-6-14(23)11-13/h3-8,11,17-18,25H,2,9-10,12H2,1H3,(H2,24,29)(H,26,27,28)/t17?,18-/m0/s1. The minimum atomic E-state index is -0.515. The van der Waals surface area contributed by atoms with Gasteiger partial charge in [-0.15, -0.1) is 0 Å². The number of nitrogens with zero attached hydrogens (tertiary/aromatic N) is 2. The van der Waals surface area contributed by atoms with Gasteiger partial charge in [0.15, 0.2) is 0 Å². The Morgan fingerprint density at radius 2 is 2.10 bits per heavy atom. The number of aryl methyl sites for hydroxylation is 1. The van der Waals surface area contributed by atoms with Crippen molar-refractivity contribution in [2.75, 3.05) is 18.4 Å². The molecule has 1 aliphatic rings. The van der Waals surface area contributed by atoms with Crippen LogP contribution in [0.2, 0.25) is 0 Å². The molecule has 0 spiro atoms. The van der Waals surface area contributed by atoms with E-state index in [1.165, 1.54) is 6.07 Å². The van der Waals surface area contributed by atoms with Crippen LogP contribution in [0.5, 0.6) is 0 Å². The zero-order chi connectivity index (χ0) is 20.4. The number of benzene rings is 2. The van der Waals surface area contributed by atoms with Crippen LogP contribution in [0.25, 0.3) is 10.9 Å². The van der Waals surface area contributed by atoms with Crippen LogP contribution in [0.4, 0.5) is 10.2 Å². The van der Waals surface area contributed by atoms with E-state index in [2.05, 4.69) is 20.6 Å². The smallest absolute Gasteiger partial charge is 0.250 e. The molecule has 1 amide bonds. The van der Waals surface area contributed by atoms with Gasteiger partial charge in [0, 0.05) is 30.3 Å². The maximum absolute atomic E-state index is 13.8. The molecule has 150 valence electrons. The summed E-state index contributed by atoms with van der Waals surface area (Å²) < 4.78 is 13.8. The van der Waals surface area contributed by atoms with E-state index in [1.54, 1.807) is 24.3 Å². The molecule has 4 N–H and O–H groups in total. The van der Waals surface area contributed by atoms with Crippen LogP contribution in [-0.4, -0.2) is 35.0 Å². The highest BCUT2D eigenvalue weighted by atomic mass is 19.1. The minimum Gasteiger partial charge on any atom is -0.369 e. The van der Waals surface area contributed by atoms with Crippen LogP contribution >= 0.6 is 0 Å². The molecule has 7 heteroatoms. The molecule has 1 saturated heterocycles. The summed E-state index contributed by atoms with van der Waals surface area (Å²) in [5.74, 6) is 0.639. The third kappa shape index (κ3) is 3.91. The Balaban J connectivity index is 1.69. The summed E-state index contributed by atoms with van der Waals surface area (Å²) in [5, 5.41) is 7.61. The zero-order valence-electron chi connectivity index (χ0n) is 16.3. The Kier molecular flexibility index (Phi) is 5.40. The average Bonchev–Trinajstić information content (AvgIpc) is 2.68. The summed E-state index contributed by atoms with van der Waals surface area (Å²) >= 11 is 0. The first-order valence-corrected chi connectivity index (χ1v) is 9.89. The number of amides is 1. The van der Waals surface area contributed by atoms with Crippen molar-refractivity contribution in [3.8, 4) is 0 Å². The summed E-state index contributed by atoms with van der Waals surface area (Å²) in [7, 11) is 0. The van der Waals surface area contributed by atoms with Crippen LogP contribution in [0, 0.1) is 5.82 Å². The van der Waals surface area contributed by atoms with Gasteiger partial charge in [-0.05, 0) is 42.8 Å². The number of rotatable bonds is 7. The number of primary amides is 1. The normalized spacial score (nSPS) is 17.0. The molecule has 0 bridgehead atoms. The van der Waals surface area contributed by atoms with Gasteiger partial charge in [-0.3, -0.25) is 4.79 Å². The second-order valence-corrected chi connectivity index (χ2v) is 7.30. The first-order chi connectivity index (χ1) is 14.1. The van der Waals surface area contributed by atoms with Gasteiger partial charge in [0.1, 0.15) is 17.5 Å². The van der Waals surface area contributed by atoms with Crippen molar-refractivity contribution in [1.29, 1.82) is 0 Å². The van der Waals surface area contributed by atoms with Gasteiger partial charge >= 0.3 is 0 Å². The number of hydrogen-bond donors (Lipinski definition) is 3. The molecule has 6 nitrogen and oxygen atoms in total. The van der Waals surface area contributed by atoms with Crippen LogP contribution in [-0.2, 0) is 6.42 Å². The highest BCUT2D eigenvalue weighted by Gasteiger charge is 2.28. The highest BCUT2D eigenvalue weighted by molar-refractivity contribution is 6.07. The second kappa shape index (κ2) is 8.13. The molecule has 29 heavy (non-hydrogen) atoms. The zero-order valence-corrected chi connectivity index (χ0v) is 16.3. The maximum Gasteiger partial charge on any atom is 0.250 e. The highest BCUT2D eigenvalue weighted by Crippen LogP contribution is 2.29. The van der Waals surface area contributed by atoms with Crippen LogP contribution in [0.3, 0.4) is 0 Å². The molecule has 2 atom stereocenters. The number of nitrogens with two attached hydrogens (primary N) is 1. The van der Waals surface area contributed by atoms with E-state index < -0.39 is 5.91 Å². The summed E-state index contributed by atoms with van der Waals surface area (Å²) in [4.78, 5) is 21.0. The van der Waals surface area contributed by atoms with Crippen molar-refractivity contribution in [1.82, 2.24) is 15.3 Å². The topological polar surface area (TPSA) is 92.9 Å². The van der Waals surface area contributed by atoms with Crippen LogP contribution in [0.15, 0.2) is 42.5 Å². The number of fused-ring (bicyclic) bond motifs is 1. The molecular formula is C22H24FN5O. The van der Waals surface area contributed by atoms with E-state index in [1.807, 2.05) is 19.1 Å². The molecule has 1 unspecified atom stereocenters. The fraction of sp³-hybridized carbons (Fsp3) is 0.318. The van der Waals surface area contributed by atoms with Crippen molar-refractivity contribution in [3.63, 3.8) is 0 Å². The lowest BCUT2D eigenvalue weighted by atomic mass is 9.85. The van der Waals surface area contributed by atoms with E-state index in [9.17, 15) is 9.18 Å². The maximum atomic E-state index is 13.8. The Morgan fingerprint density at radius 3 is 2.76 bits per heavy atom. The lowest BCUT2D eigenvalue weighted by Crippen LogP contribution is -2.48. The van der Waals surface area contributed by atoms with Crippen molar-refractivity contribution in [2.24, 2.45) is 5.73 Å². The lowest BCUT2D eigenvalue weighted by molar-refractivity contribution is 0.100. The number of nitrogens with one attached hydrogen (secondary N) is 2. The molecule has 0 radical (unpaired) electrons. The fourth-order valence-corrected chi connectivity index (χ4v) is 3.78. The summed E-state index contributed by atoms with van der Waals surface area (Å²) in [6.07, 6.45) is 1.68. The van der Waals surface area contributed by atoms with Crippen molar-refractivity contribution >= 4 is 22.6 Å². The van der Waals surface area contributed by atoms with Crippen molar-refractivity contribution in [3.05, 3.63) is 65.2 Å². The van der Waals surface area contributed by atoms with Crippen molar-refractivity contribution < 1.29 is 9.18 Å². The summed E-state index contributed by atoms with van der Waals surface area (Å²) in [6, 6.07) is 12.4. The van der Waals surface area contributed by atoms with Crippen molar-refractivity contribution in [2.45, 2.75) is 31.7 Å². The number of halogens is 1. The quantitative estimate of drug-likeness (QED) is 0.574. The number of carbonyl (C=O) groups is 1. The number of aromatic nitrogens is 2. The van der Waals surface area contributed by atoms with Gasteiger partial charge < -0.3 is 16.4 Å². The Labute approximate surface area is 168 Å². The fourth-order valence-electron chi connectivity index (χ4n) is 3.78. The monoisotopic (exact) mass is 393 g/mol. The number of hydrogen-bond acceptors (Lipinski definition) is 5. The minimum absolute atomic E-state index is 0.0915. The van der Waals surface area contributed by atoms with Gasteiger partial charge in [0.2, 0.25) is 0 Å². The number of anilines is 1. The first-order valence-electron chi connectivity index (χ1n) is 9.89. The Morgan fingerprint density at radius 1 is 1.31 bits per heavy atom.